The Labute approximate surface area is 114 Å². The van der Waals surface area contributed by atoms with E-state index < -0.39 is 0 Å². The van der Waals surface area contributed by atoms with Crippen LogP contribution in [0.2, 0.25) is 5.02 Å². The summed E-state index contributed by atoms with van der Waals surface area (Å²) in [6.45, 7) is 0. The smallest absolute Gasteiger partial charge is 0.230 e. The van der Waals surface area contributed by atoms with Gasteiger partial charge < -0.3 is 10.3 Å². The van der Waals surface area contributed by atoms with Gasteiger partial charge in [-0.25, -0.2) is 0 Å². The van der Waals surface area contributed by atoms with Gasteiger partial charge in [-0.1, -0.05) is 28.9 Å². The molecule has 1 aromatic carbocycles. The quantitative estimate of drug-likeness (QED) is 0.780. The summed E-state index contributed by atoms with van der Waals surface area (Å²) in [5.74, 6) is 0.267. The molecule has 3 aromatic rings. The van der Waals surface area contributed by atoms with Crippen molar-refractivity contribution in [3.05, 3.63) is 41.6 Å². The molecule has 6 heteroatoms. The average Bonchev–Trinajstić information content (AvgIpc) is 2.97. The molecule has 19 heavy (non-hydrogen) atoms. The summed E-state index contributed by atoms with van der Waals surface area (Å²) in [6.07, 6.45) is 1.84. The summed E-state index contributed by atoms with van der Waals surface area (Å²) in [4.78, 5) is 0. The fourth-order valence-corrected chi connectivity index (χ4v) is 2.04. The summed E-state index contributed by atoms with van der Waals surface area (Å²) in [5.41, 5.74) is 8.82. The van der Waals surface area contributed by atoms with E-state index in [1.54, 1.807) is 16.8 Å². The van der Waals surface area contributed by atoms with Crippen molar-refractivity contribution in [3.63, 3.8) is 0 Å². The second kappa shape index (κ2) is 4.44. The van der Waals surface area contributed by atoms with Gasteiger partial charge in [0.1, 0.15) is 11.4 Å². The van der Waals surface area contributed by atoms with Gasteiger partial charge in [0.15, 0.2) is 0 Å². The zero-order valence-corrected chi connectivity index (χ0v) is 10.9. The maximum absolute atomic E-state index is 5.89. The van der Waals surface area contributed by atoms with Crippen LogP contribution in [0, 0.1) is 0 Å². The van der Waals surface area contributed by atoms with Crippen LogP contribution in [0.1, 0.15) is 0 Å². The number of hydrogen-bond acceptors (Lipinski definition) is 4. The lowest BCUT2D eigenvalue weighted by Gasteiger charge is -2.01. The Morgan fingerprint density at radius 3 is 2.58 bits per heavy atom. The number of rotatable bonds is 2. The monoisotopic (exact) mass is 274 g/mol. The number of nitrogen functional groups attached to an aromatic ring is 1. The van der Waals surface area contributed by atoms with Gasteiger partial charge in [0.2, 0.25) is 5.88 Å². The van der Waals surface area contributed by atoms with Crippen molar-refractivity contribution >= 4 is 17.5 Å². The number of aryl methyl sites for hydroxylation is 1. The normalized spacial score (nSPS) is 10.8. The minimum Gasteiger partial charge on any atom is -0.367 e. The van der Waals surface area contributed by atoms with Crippen LogP contribution in [0.5, 0.6) is 0 Å². The molecule has 0 amide bonds. The van der Waals surface area contributed by atoms with Gasteiger partial charge in [0.05, 0.1) is 5.56 Å². The molecule has 0 fully saturated rings. The number of hydrogen-bond donors (Lipinski definition) is 1. The Morgan fingerprint density at radius 1 is 1.21 bits per heavy atom. The number of anilines is 1. The number of aromatic nitrogens is 3. The first kappa shape index (κ1) is 11.8. The van der Waals surface area contributed by atoms with Crippen molar-refractivity contribution in [2.45, 2.75) is 0 Å². The summed E-state index contributed by atoms with van der Waals surface area (Å²) in [7, 11) is 1.84. The second-order valence-corrected chi connectivity index (χ2v) is 4.59. The van der Waals surface area contributed by atoms with E-state index in [2.05, 4.69) is 10.3 Å². The maximum atomic E-state index is 5.89. The number of nitrogens with two attached hydrogens (primary N) is 1. The maximum Gasteiger partial charge on any atom is 0.230 e. The lowest BCUT2D eigenvalue weighted by molar-refractivity contribution is 0.439. The highest BCUT2D eigenvalue weighted by Gasteiger charge is 2.18. The predicted molar refractivity (Wildman–Crippen MR) is 73.6 cm³/mol. The van der Waals surface area contributed by atoms with Gasteiger partial charge >= 0.3 is 0 Å². The van der Waals surface area contributed by atoms with Crippen molar-refractivity contribution in [2.24, 2.45) is 7.05 Å². The minimum atomic E-state index is 0.267. The highest BCUT2D eigenvalue weighted by Crippen LogP contribution is 2.35. The van der Waals surface area contributed by atoms with Gasteiger partial charge in [-0.2, -0.15) is 5.10 Å². The predicted octanol–water partition coefficient (Wildman–Crippen LogP) is 2.98. The van der Waals surface area contributed by atoms with E-state index >= 15 is 0 Å². The fourth-order valence-electron chi connectivity index (χ4n) is 1.91. The van der Waals surface area contributed by atoms with E-state index in [0.717, 1.165) is 11.1 Å². The highest BCUT2D eigenvalue weighted by atomic mass is 35.5. The zero-order valence-electron chi connectivity index (χ0n) is 10.2. The summed E-state index contributed by atoms with van der Waals surface area (Å²) >= 11 is 5.89. The lowest BCUT2D eigenvalue weighted by Crippen LogP contribution is -1.90. The molecular formula is C13H11ClN4O. The first-order chi connectivity index (χ1) is 9.15. The van der Waals surface area contributed by atoms with Crippen LogP contribution in [0.25, 0.3) is 22.5 Å². The molecule has 5 nitrogen and oxygen atoms in total. The van der Waals surface area contributed by atoms with Gasteiger partial charge in [-0.05, 0) is 23.8 Å². The molecule has 0 aliphatic heterocycles. The molecule has 0 aliphatic rings. The van der Waals surface area contributed by atoms with Crippen LogP contribution in [0.15, 0.2) is 41.1 Å². The Morgan fingerprint density at radius 2 is 1.95 bits per heavy atom. The van der Waals surface area contributed by atoms with Crippen molar-refractivity contribution in [2.75, 3.05) is 5.73 Å². The molecule has 0 atom stereocenters. The van der Waals surface area contributed by atoms with E-state index in [4.69, 9.17) is 21.9 Å². The summed E-state index contributed by atoms with van der Waals surface area (Å²) in [6, 6.07) is 9.20. The molecule has 3 rings (SSSR count). The Kier molecular flexibility index (Phi) is 2.76. The molecule has 0 spiro atoms. The Bertz CT molecular complexity index is 715. The average molecular weight is 275 g/mol. The van der Waals surface area contributed by atoms with Crippen LogP contribution < -0.4 is 5.73 Å². The Balaban J connectivity index is 2.16. The Hall–Kier alpha value is -2.27. The molecule has 0 bridgehead atoms. The molecule has 2 N–H and O–H groups in total. The summed E-state index contributed by atoms with van der Waals surface area (Å²) < 4.78 is 6.79. The van der Waals surface area contributed by atoms with Crippen LogP contribution >= 0.6 is 11.6 Å². The lowest BCUT2D eigenvalue weighted by atomic mass is 10.0. The van der Waals surface area contributed by atoms with E-state index in [1.807, 2.05) is 31.4 Å². The summed E-state index contributed by atoms with van der Waals surface area (Å²) in [5, 5.41) is 8.96. The van der Waals surface area contributed by atoms with Crippen molar-refractivity contribution in [1.82, 2.24) is 14.9 Å². The van der Waals surface area contributed by atoms with Crippen LogP contribution in [0.4, 0.5) is 5.88 Å². The third-order valence-electron chi connectivity index (χ3n) is 2.81. The first-order valence-electron chi connectivity index (χ1n) is 5.66. The van der Waals surface area contributed by atoms with Gasteiger partial charge in [-0.15, -0.1) is 0 Å². The highest BCUT2D eigenvalue weighted by molar-refractivity contribution is 6.30. The van der Waals surface area contributed by atoms with Crippen LogP contribution in [-0.2, 0) is 7.05 Å². The molecule has 0 saturated heterocycles. The van der Waals surface area contributed by atoms with Crippen molar-refractivity contribution in [3.8, 4) is 22.5 Å². The van der Waals surface area contributed by atoms with Crippen molar-refractivity contribution < 1.29 is 4.52 Å². The van der Waals surface area contributed by atoms with Crippen LogP contribution in [0.3, 0.4) is 0 Å². The van der Waals surface area contributed by atoms with E-state index in [1.165, 1.54) is 0 Å². The molecule has 2 aromatic heterocycles. The van der Waals surface area contributed by atoms with Gasteiger partial charge in [0, 0.05) is 18.3 Å². The first-order valence-corrected chi connectivity index (χ1v) is 6.04. The minimum absolute atomic E-state index is 0.267. The topological polar surface area (TPSA) is 69.9 Å². The number of benzene rings is 1. The van der Waals surface area contributed by atoms with Gasteiger partial charge in [-0.3, -0.25) is 4.68 Å². The second-order valence-electron chi connectivity index (χ2n) is 4.15. The molecule has 0 saturated carbocycles. The molecule has 0 radical (unpaired) electrons. The van der Waals surface area contributed by atoms with E-state index in [-0.39, 0.29) is 5.88 Å². The molecular weight excluding hydrogens is 264 g/mol. The number of nitrogens with zero attached hydrogens (tertiary/aromatic N) is 3. The SMILES string of the molecule is Cn1ccc(-c2noc(N)c2-c2ccc(Cl)cc2)n1. The third-order valence-corrected chi connectivity index (χ3v) is 3.06. The number of halogens is 1. The molecule has 0 unspecified atom stereocenters. The van der Waals surface area contributed by atoms with Gasteiger partial charge in [0.25, 0.3) is 0 Å². The fraction of sp³-hybridized carbons (Fsp3) is 0.0769. The van der Waals surface area contributed by atoms with Crippen molar-refractivity contribution in [1.29, 1.82) is 0 Å². The zero-order chi connectivity index (χ0) is 13.4. The standard InChI is InChI=1S/C13H11ClN4O/c1-18-7-6-10(16-18)12-11(13(15)19-17-12)8-2-4-9(14)5-3-8/h2-7H,15H2,1H3. The molecule has 0 aliphatic carbocycles. The molecule has 2 heterocycles. The largest absolute Gasteiger partial charge is 0.367 e. The van der Waals surface area contributed by atoms with E-state index in [9.17, 15) is 0 Å². The molecule has 96 valence electrons. The third kappa shape index (κ3) is 2.08. The van der Waals surface area contributed by atoms with E-state index in [0.29, 0.717) is 16.4 Å². The van der Waals surface area contributed by atoms with Crippen LogP contribution in [-0.4, -0.2) is 14.9 Å².